The predicted molar refractivity (Wildman–Crippen MR) is 82.2 cm³/mol. The minimum atomic E-state index is -1.29. The molecule has 0 heterocycles. The number of methoxy groups -OCH3 is 1. The highest BCUT2D eigenvalue weighted by atomic mass is 16.5. The molecule has 0 aliphatic carbocycles. The van der Waals surface area contributed by atoms with E-state index in [0.717, 1.165) is 0 Å². The van der Waals surface area contributed by atoms with Gasteiger partial charge in [-0.1, -0.05) is 12.1 Å². The van der Waals surface area contributed by atoms with E-state index < -0.39 is 11.9 Å². The predicted octanol–water partition coefficient (Wildman–Crippen LogP) is 2.12. The summed E-state index contributed by atoms with van der Waals surface area (Å²) in [5.74, 6) is -1.22. The molecule has 7 heteroatoms. The largest absolute Gasteiger partial charge is 0.507 e. The van der Waals surface area contributed by atoms with Crippen LogP contribution in [0.2, 0.25) is 0 Å². The topological polar surface area (TPSA) is 105 Å². The van der Waals surface area contributed by atoms with E-state index in [4.69, 9.17) is 14.6 Å². The normalized spacial score (nSPS) is 9.96. The van der Waals surface area contributed by atoms with E-state index in [1.165, 1.54) is 25.3 Å². The van der Waals surface area contributed by atoms with Gasteiger partial charge in [-0.2, -0.15) is 0 Å². The molecule has 0 fully saturated rings. The van der Waals surface area contributed by atoms with Crippen LogP contribution in [0.15, 0.2) is 42.5 Å². The summed E-state index contributed by atoms with van der Waals surface area (Å²) in [5, 5.41) is 20.8. The number of carbonyl (C=O) groups excluding carboxylic acids is 1. The molecule has 0 atom stereocenters. The van der Waals surface area contributed by atoms with Crippen molar-refractivity contribution >= 4 is 17.6 Å². The highest BCUT2D eigenvalue weighted by molar-refractivity contribution is 5.96. The number of carboxylic acid groups (broad SMARTS) is 1. The van der Waals surface area contributed by atoms with Crippen LogP contribution in [-0.2, 0) is 4.79 Å². The summed E-state index contributed by atoms with van der Waals surface area (Å²) in [6.07, 6.45) is 0. The molecule has 0 bridgehead atoms. The first-order valence-corrected chi connectivity index (χ1v) is 6.63. The Morgan fingerprint density at radius 3 is 2.48 bits per heavy atom. The monoisotopic (exact) mass is 317 g/mol. The highest BCUT2D eigenvalue weighted by Gasteiger charge is 2.12. The third-order valence-corrected chi connectivity index (χ3v) is 2.94. The fraction of sp³-hybridized carbons (Fsp3) is 0.125. The van der Waals surface area contributed by atoms with E-state index in [1.54, 1.807) is 24.3 Å². The second-order valence-electron chi connectivity index (χ2n) is 4.52. The van der Waals surface area contributed by atoms with Crippen molar-refractivity contribution in [3.63, 3.8) is 0 Å². The Labute approximate surface area is 132 Å². The maximum Gasteiger partial charge on any atom is 0.339 e. The van der Waals surface area contributed by atoms with Crippen molar-refractivity contribution in [2.24, 2.45) is 0 Å². The Morgan fingerprint density at radius 1 is 1.13 bits per heavy atom. The van der Waals surface area contributed by atoms with Crippen LogP contribution in [0.4, 0.5) is 5.69 Å². The molecule has 2 rings (SSSR count). The van der Waals surface area contributed by atoms with E-state index in [9.17, 15) is 14.7 Å². The summed E-state index contributed by atoms with van der Waals surface area (Å²) in [4.78, 5) is 22.8. The van der Waals surface area contributed by atoms with Gasteiger partial charge in [-0.05, 0) is 30.3 Å². The number of benzene rings is 2. The van der Waals surface area contributed by atoms with Gasteiger partial charge >= 0.3 is 5.97 Å². The van der Waals surface area contributed by atoms with Gasteiger partial charge in [-0.3, -0.25) is 4.79 Å². The van der Waals surface area contributed by atoms with E-state index in [2.05, 4.69) is 5.32 Å². The van der Waals surface area contributed by atoms with Crippen molar-refractivity contribution in [3.8, 4) is 17.2 Å². The molecule has 2 aromatic carbocycles. The molecule has 23 heavy (non-hydrogen) atoms. The molecule has 0 saturated heterocycles. The summed E-state index contributed by atoms with van der Waals surface area (Å²) in [6, 6.07) is 10.6. The molecule has 0 aliphatic rings. The number of amides is 1. The minimum Gasteiger partial charge on any atom is -0.507 e. The Morgan fingerprint density at radius 2 is 1.83 bits per heavy atom. The summed E-state index contributed by atoms with van der Waals surface area (Å²) in [5.41, 5.74) is -0.0535. The summed E-state index contributed by atoms with van der Waals surface area (Å²) < 4.78 is 10.5. The molecular formula is C16H15NO6. The summed E-state index contributed by atoms with van der Waals surface area (Å²) >= 11 is 0. The van der Waals surface area contributed by atoms with Crippen LogP contribution < -0.4 is 14.8 Å². The number of carbonyl (C=O) groups is 2. The zero-order chi connectivity index (χ0) is 16.8. The summed E-state index contributed by atoms with van der Waals surface area (Å²) in [7, 11) is 1.49. The van der Waals surface area contributed by atoms with Crippen molar-refractivity contribution in [3.05, 3.63) is 48.0 Å². The molecule has 0 saturated carbocycles. The molecule has 0 aliphatic heterocycles. The maximum absolute atomic E-state index is 11.9. The Hall–Kier alpha value is -3.22. The van der Waals surface area contributed by atoms with Gasteiger partial charge in [0.25, 0.3) is 5.91 Å². The lowest BCUT2D eigenvalue weighted by Gasteiger charge is -2.11. The summed E-state index contributed by atoms with van der Waals surface area (Å²) in [6.45, 7) is -0.274. The van der Waals surface area contributed by atoms with Crippen LogP contribution in [0.25, 0.3) is 0 Å². The highest BCUT2D eigenvalue weighted by Crippen LogP contribution is 2.26. The van der Waals surface area contributed by atoms with Gasteiger partial charge in [-0.15, -0.1) is 0 Å². The molecule has 7 nitrogen and oxygen atoms in total. The van der Waals surface area contributed by atoms with Gasteiger partial charge in [0.1, 0.15) is 11.3 Å². The fourth-order valence-corrected chi connectivity index (χ4v) is 1.86. The van der Waals surface area contributed by atoms with E-state index >= 15 is 0 Å². The van der Waals surface area contributed by atoms with E-state index in [1.807, 2.05) is 0 Å². The lowest BCUT2D eigenvalue weighted by molar-refractivity contribution is -0.118. The van der Waals surface area contributed by atoms with Gasteiger partial charge < -0.3 is 25.0 Å². The average molecular weight is 317 g/mol. The number of aromatic hydroxyl groups is 1. The first-order valence-electron chi connectivity index (χ1n) is 6.63. The molecule has 0 aromatic heterocycles. The zero-order valence-corrected chi connectivity index (χ0v) is 12.3. The van der Waals surface area contributed by atoms with Crippen molar-refractivity contribution in [1.29, 1.82) is 0 Å². The number of carboxylic acids is 1. The van der Waals surface area contributed by atoms with Crippen LogP contribution in [0.3, 0.4) is 0 Å². The number of hydrogen-bond donors (Lipinski definition) is 3. The molecule has 1 amide bonds. The van der Waals surface area contributed by atoms with Gasteiger partial charge in [0, 0.05) is 5.69 Å². The minimum absolute atomic E-state index is 0.244. The molecule has 0 spiro atoms. The first-order chi connectivity index (χ1) is 11.0. The Bertz CT molecular complexity index is 728. The van der Waals surface area contributed by atoms with Crippen LogP contribution in [0.1, 0.15) is 10.4 Å². The molecule has 0 unspecified atom stereocenters. The standard InChI is InChI=1S/C16H15NO6/c1-22-13-4-2-3-5-14(13)23-9-15(19)17-10-6-7-12(18)11(8-10)16(20)21/h2-8,18H,9H2,1H3,(H,17,19)(H,20,21). The number of nitrogens with one attached hydrogen (secondary N) is 1. The maximum atomic E-state index is 11.9. The molecule has 2 aromatic rings. The number of ether oxygens (including phenoxy) is 2. The number of para-hydroxylation sites is 2. The number of aromatic carboxylic acids is 1. The van der Waals surface area contributed by atoms with Crippen molar-refractivity contribution in [2.45, 2.75) is 0 Å². The third-order valence-electron chi connectivity index (χ3n) is 2.94. The Balaban J connectivity index is 2.00. The quantitative estimate of drug-likeness (QED) is 0.705. The van der Waals surface area contributed by atoms with Crippen LogP contribution in [-0.4, -0.2) is 35.8 Å². The number of anilines is 1. The fourth-order valence-electron chi connectivity index (χ4n) is 1.86. The van der Waals surface area contributed by atoms with Gasteiger partial charge in [0.2, 0.25) is 0 Å². The second-order valence-corrected chi connectivity index (χ2v) is 4.52. The van der Waals surface area contributed by atoms with Crippen LogP contribution in [0, 0.1) is 0 Å². The van der Waals surface area contributed by atoms with Gasteiger partial charge in [0.15, 0.2) is 18.1 Å². The van der Waals surface area contributed by atoms with Crippen molar-refractivity contribution in [2.75, 3.05) is 19.0 Å². The van der Waals surface area contributed by atoms with Gasteiger partial charge in [-0.25, -0.2) is 4.79 Å². The molecule has 0 radical (unpaired) electrons. The number of rotatable bonds is 6. The van der Waals surface area contributed by atoms with Crippen molar-refractivity contribution < 1.29 is 29.3 Å². The smallest absolute Gasteiger partial charge is 0.339 e. The zero-order valence-electron chi connectivity index (χ0n) is 12.3. The lowest BCUT2D eigenvalue weighted by atomic mass is 10.2. The number of hydrogen-bond acceptors (Lipinski definition) is 5. The van der Waals surface area contributed by atoms with E-state index in [-0.39, 0.29) is 23.6 Å². The molecular weight excluding hydrogens is 302 g/mol. The molecule has 120 valence electrons. The van der Waals surface area contributed by atoms with Crippen molar-refractivity contribution in [1.82, 2.24) is 0 Å². The van der Waals surface area contributed by atoms with Crippen LogP contribution >= 0.6 is 0 Å². The second kappa shape index (κ2) is 7.17. The molecule has 3 N–H and O–H groups in total. The van der Waals surface area contributed by atoms with Gasteiger partial charge in [0.05, 0.1) is 7.11 Å². The SMILES string of the molecule is COc1ccccc1OCC(=O)Nc1ccc(O)c(C(=O)O)c1. The first kappa shape index (κ1) is 16.2. The van der Waals surface area contributed by atoms with Crippen LogP contribution in [0.5, 0.6) is 17.2 Å². The lowest BCUT2D eigenvalue weighted by Crippen LogP contribution is -2.20. The Kier molecular flexibility index (Phi) is 5.03. The average Bonchev–Trinajstić information content (AvgIpc) is 2.54. The third kappa shape index (κ3) is 4.13. The van der Waals surface area contributed by atoms with E-state index in [0.29, 0.717) is 11.5 Å². The number of phenols is 1.